The van der Waals surface area contributed by atoms with E-state index in [1.807, 2.05) is 0 Å². The molecular formula is C7H6Br2N2O2. The maximum Gasteiger partial charge on any atom is 0.288 e. The third-order valence-corrected chi connectivity index (χ3v) is 3.06. The zero-order valence-corrected chi connectivity index (χ0v) is 9.85. The lowest BCUT2D eigenvalue weighted by Crippen LogP contribution is -1.97. The van der Waals surface area contributed by atoms with Crippen molar-refractivity contribution < 1.29 is 4.92 Å². The lowest BCUT2D eigenvalue weighted by Gasteiger charge is -2.04. The summed E-state index contributed by atoms with van der Waals surface area (Å²) in [6.07, 6.45) is 0. The summed E-state index contributed by atoms with van der Waals surface area (Å²) in [5, 5.41) is 10.6. The van der Waals surface area contributed by atoms with Gasteiger partial charge in [-0.15, -0.1) is 0 Å². The van der Waals surface area contributed by atoms with Crippen molar-refractivity contribution in [2.24, 2.45) is 0 Å². The van der Waals surface area contributed by atoms with Crippen LogP contribution in [0.5, 0.6) is 0 Å². The second-order valence-corrected chi connectivity index (χ2v) is 4.16. The van der Waals surface area contributed by atoms with Crippen LogP contribution in [0.2, 0.25) is 0 Å². The van der Waals surface area contributed by atoms with Gasteiger partial charge in [0.2, 0.25) is 0 Å². The van der Waals surface area contributed by atoms with Crippen molar-refractivity contribution in [3.8, 4) is 0 Å². The minimum Gasteiger partial charge on any atom is -0.397 e. The highest BCUT2D eigenvalue weighted by atomic mass is 79.9. The Morgan fingerprint density at radius 3 is 2.54 bits per heavy atom. The van der Waals surface area contributed by atoms with E-state index in [2.05, 4.69) is 31.9 Å². The molecule has 0 bridgehead atoms. The van der Waals surface area contributed by atoms with Crippen molar-refractivity contribution in [1.82, 2.24) is 0 Å². The minimum atomic E-state index is -0.456. The SMILES string of the molecule is Cc1cc(Br)c(N)c(Br)c1[N+](=O)[O-]. The molecule has 0 aliphatic carbocycles. The number of aryl methyl sites for hydroxylation is 1. The normalized spacial score (nSPS) is 10.1. The van der Waals surface area contributed by atoms with Crippen LogP contribution in [-0.2, 0) is 0 Å². The maximum atomic E-state index is 10.6. The first-order chi connectivity index (χ1) is 5.95. The van der Waals surface area contributed by atoms with Crippen LogP contribution in [0.15, 0.2) is 15.0 Å². The summed E-state index contributed by atoms with van der Waals surface area (Å²) in [6.45, 7) is 1.66. The topological polar surface area (TPSA) is 69.2 Å². The van der Waals surface area contributed by atoms with E-state index >= 15 is 0 Å². The molecule has 0 saturated carbocycles. The van der Waals surface area contributed by atoms with E-state index in [1.54, 1.807) is 13.0 Å². The molecule has 0 heterocycles. The molecule has 1 aromatic carbocycles. The largest absolute Gasteiger partial charge is 0.397 e. The van der Waals surface area contributed by atoms with Gasteiger partial charge >= 0.3 is 0 Å². The molecule has 4 nitrogen and oxygen atoms in total. The monoisotopic (exact) mass is 308 g/mol. The Balaban J connectivity index is 3.53. The van der Waals surface area contributed by atoms with Crippen LogP contribution < -0.4 is 5.73 Å². The Morgan fingerprint density at radius 1 is 1.54 bits per heavy atom. The maximum absolute atomic E-state index is 10.6. The molecule has 1 rings (SSSR count). The van der Waals surface area contributed by atoms with Gasteiger partial charge in [0.1, 0.15) is 4.47 Å². The van der Waals surface area contributed by atoms with E-state index < -0.39 is 4.92 Å². The van der Waals surface area contributed by atoms with Gasteiger partial charge in [0, 0.05) is 10.0 Å². The number of nitro groups is 1. The number of benzene rings is 1. The summed E-state index contributed by atoms with van der Waals surface area (Å²) < 4.78 is 0.979. The zero-order valence-electron chi connectivity index (χ0n) is 6.67. The van der Waals surface area contributed by atoms with E-state index in [0.717, 1.165) is 0 Å². The quantitative estimate of drug-likeness (QED) is 0.492. The molecule has 0 aromatic heterocycles. The van der Waals surface area contributed by atoms with Crippen LogP contribution in [0.4, 0.5) is 11.4 Å². The van der Waals surface area contributed by atoms with E-state index in [-0.39, 0.29) is 5.69 Å². The molecule has 0 spiro atoms. The second kappa shape index (κ2) is 3.63. The highest BCUT2D eigenvalue weighted by Crippen LogP contribution is 2.38. The highest BCUT2D eigenvalue weighted by Gasteiger charge is 2.19. The van der Waals surface area contributed by atoms with E-state index in [9.17, 15) is 10.1 Å². The minimum absolute atomic E-state index is 0.0145. The number of halogens is 2. The molecule has 0 amide bonds. The van der Waals surface area contributed by atoms with Crippen LogP contribution in [0.3, 0.4) is 0 Å². The lowest BCUT2D eigenvalue weighted by molar-refractivity contribution is -0.386. The smallest absolute Gasteiger partial charge is 0.288 e. The fraction of sp³-hybridized carbons (Fsp3) is 0.143. The van der Waals surface area contributed by atoms with E-state index in [1.165, 1.54) is 0 Å². The molecule has 1 aromatic rings. The number of nitrogen functional groups attached to an aromatic ring is 1. The predicted molar refractivity (Wildman–Crippen MR) is 57.6 cm³/mol. The molecule has 70 valence electrons. The zero-order chi connectivity index (χ0) is 10.2. The van der Waals surface area contributed by atoms with Crippen molar-refractivity contribution in [3.05, 3.63) is 30.7 Å². The second-order valence-electron chi connectivity index (χ2n) is 2.51. The van der Waals surface area contributed by atoms with Gasteiger partial charge in [-0.25, -0.2) is 0 Å². The fourth-order valence-electron chi connectivity index (χ4n) is 0.966. The number of nitro benzene ring substituents is 1. The van der Waals surface area contributed by atoms with Gasteiger partial charge in [-0.1, -0.05) is 0 Å². The average Bonchev–Trinajstić information content (AvgIpc) is 1.99. The van der Waals surface area contributed by atoms with Crippen LogP contribution in [0.25, 0.3) is 0 Å². The van der Waals surface area contributed by atoms with Crippen molar-refractivity contribution in [1.29, 1.82) is 0 Å². The number of nitrogens with zero attached hydrogens (tertiary/aromatic N) is 1. The van der Waals surface area contributed by atoms with Crippen molar-refractivity contribution in [2.45, 2.75) is 6.92 Å². The molecule has 0 saturated heterocycles. The lowest BCUT2D eigenvalue weighted by atomic mass is 10.2. The first kappa shape index (κ1) is 10.5. The first-order valence-electron chi connectivity index (χ1n) is 3.33. The number of anilines is 1. The van der Waals surface area contributed by atoms with Crippen molar-refractivity contribution >= 4 is 43.2 Å². The Labute approximate surface area is 91.5 Å². The first-order valence-corrected chi connectivity index (χ1v) is 4.92. The highest BCUT2D eigenvalue weighted by molar-refractivity contribution is 9.11. The third-order valence-electron chi connectivity index (χ3n) is 1.60. The van der Waals surface area contributed by atoms with Gasteiger partial charge in [-0.3, -0.25) is 10.1 Å². The summed E-state index contributed by atoms with van der Waals surface area (Å²) in [4.78, 5) is 10.2. The third kappa shape index (κ3) is 1.83. The van der Waals surface area contributed by atoms with Gasteiger partial charge in [0.25, 0.3) is 5.69 Å². The molecule has 13 heavy (non-hydrogen) atoms. The van der Waals surface area contributed by atoms with Crippen LogP contribution in [0.1, 0.15) is 5.56 Å². The van der Waals surface area contributed by atoms with Crippen molar-refractivity contribution in [3.63, 3.8) is 0 Å². The molecule has 0 radical (unpaired) electrons. The van der Waals surface area contributed by atoms with E-state index in [0.29, 0.717) is 20.2 Å². The van der Waals surface area contributed by atoms with Gasteiger partial charge < -0.3 is 5.73 Å². The molecule has 0 fully saturated rings. The summed E-state index contributed by atoms with van der Waals surface area (Å²) >= 11 is 6.29. The molecule has 0 atom stereocenters. The van der Waals surface area contributed by atoms with E-state index in [4.69, 9.17) is 5.73 Å². The van der Waals surface area contributed by atoms with Crippen LogP contribution in [-0.4, -0.2) is 4.92 Å². The number of hydrogen-bond donors (Lipinski definition) is 1. The van der Waals surface area contributed by atoms with Gasteiger partial charge in [-0.05, 0) is 44.8 Å². The van der Waals surface area contributed by atoms with Gasteiger partial charge in [0.05, 0.1) is 10.6 Å². The summed E-state index contributed by atoms with van der Waals surface area (Å²) in [5.74, 6) is 0. The number of hydrogen-bond acceptors (Lipinski definition) is 3. The summed E-state index contributed by atoms with van der Waals surface area (Å²) in [7, 11) is 0. The Kier molecular flexibility index (Phi) is 2.92. The average molecular weight is 310 g/mol. The molecule has 0 aliphatic heterocycles. The number of rotatable bonds is 1. The Bertz CT molecular complexity index is 379. The Morgan fingerprint density at radius 2 is 2.08 bits per heavy atom. The van der Waals surface area contributed by atoms with Gasteiger partial charge in [0.15, 0.2) is 0 Å². The standard InChI is InChI=1S/C7H6Br2N2O2/c1-3-2-4(8)6(10)5(9)7(3)11(12)13/h2H,10H2,1H3. The van der Waals surface area contributed by atoms with Crippen molar-refractivity contribution in [2.75, 3.05) is 5.73 Å². The van der Waals surface area contributed by atoms with Crippen LogP contribution >= 0.6 is 31.9 Å². The number of nitrogens with two attached hydrogens (primary N) is 1. The Hall–Kier alpha value is -0.620. The molecule has 2 N–H and O–H groups in total. The molecule has 0 aliphatic rings. The molecule has 6 heteroatoms. The molecule has 0 unspecified atom stereocenters. The predicted octanol–water partition coefficient (Wildman–Crippen LogP) is 3.01. The summed E-state index contributed by atoms with van der Waals surface area (Å²) in [5.41, 5.74) is 6.52. The van der Waals surface area contributed by atoms with Crippen LogP contribution in [0, 0.1) is 17.0 Å². The van der Waals surface area contributed by atoms with Gasteiger partial charge in [-0.2, -0.15) is 0 Å². The fourth-order valence-corrected chi connectivity index (χ4v) is 2.44. The summed E-state index contributed by atoms with van der Waals surface area (Å²) in [6, 6.07) is 1.62. The molecular weight excluding hydrogens is 304 g/mol.